The van der Waals surface area contributed by atoms with Crippen LogP contribution >= 0.6 is 15.9 Å². The van der Waals surface area contributed by atoms with Gasteiger partial charge in [0.15, 0.2) is 0 Å². The summed E-state index contributed by atoms with van der Waals surface area (Å²) < 4.78 is 1.16. The first-order valence-electron chi connectivity index (χ1n) is 6.73. The van der Waals surface area contributed by atoms with Crippen molar-refractivity contribution in [2.75, 3.05) is 0 Å². The smallest absolute Gasteiger partial charge is 0.0710 e. The van der Waals surface area contributed by atoms with E-state index in [4.69, 9.17) is 5.84 Å². The molecule has 0 saturated heterocycles. The molecule has 0 spiro atoms. The summed E-state index contributed by atoms with van der Waals surface area (Å²) in [5, 5.41) is 0. The lowest BCUT2D eigenvalue weighted by Gasteiger charge is -2.20. The number of benzene rings is 2. The molecule has 0 bridgehead atoms. The van der Waals surface area contributed by atoms with Gasteiger partial charge in [-0.05, 0) is 49.9 Å². The van der Waals surface area contributed by atoms with Crippen molar-refractivity contribution < 1.29 is 0 Å². The second-order valence-corrected chi connectivity index (χ2v) is 6.28. The minimum absolute atomic E-state index is 0.0131. The zero-order valence-corrected chi connectivity index (χ0v) is 14.0. The molecule has 3 N–H and O–H groups in total. The van der Waals surface area contributed by atoms with Gasteiger partial charge in [-0.15, -0.1) is 0 Å². The number of halogens is 1. The summed E-state index contributed by atoms with van der Waals surface area (Å²) in [4.78, 5) is 0. The maximum atomic E-state index is 5.81. The molecule has 2 nitrogen and oxygen atoms in total. The number of aryl methyl sites for hydroxylation is 4. The molecule has 106 valence electrons. The molecule has 0 heterocycles. The van der Waals surface area contributed by atoms with Crippen LogP contribution in [0.2, 0.25) is 0 Å². The molecule has 3 heteroatoms. The molecule has 0 aliphatic carbocycles. The van der Waals surface area contributed by atoms with Gasteiger partial charge in [0.2, 0.25) is 0 Å². The predicted molar refractivity (Wildman–Crippen MR) is 88.7 cm³/mol. The standard InChI is InChI=1S/C17H21BrN2/c1-10-5-11(2)7-14(6-10)17(20-19)15-8-12(3)16(18)13(4)9-15/h5-9,17,20H,19H2,1-4H3. The summed E-state index contributed by atoms with van der Waals surface area (Å²) in [6.07, 6.45) is 0. The Morgan fingerprint density at radius 3 is 1.75 bits per heavy atom. The van der Waals surface area contributed by atoms with E-state index in [1.165, 1.54) is 33.4 Å². The van der Waals surface area contributed by atoms with Crippen molar-refractivity contribution in [3.8, 4) is 0 Å². The van der Waals surface area contributed by atoms with Crippen LogP contribution in [-0.4, -0.2) is 0 Å². The Hall–Kier alpha value is -1.16. The van der Waals surface area contributed by atoms with Crippen LogP contribution in [0.15, 0.2) is 34.8 Å². The number of nitrogens with two attached hydrogens (primary N) is 1. The van der Waals surface area contributed by atoms with Crippen molar-refractivity contribution in [3.05, 3.63) is 68.2 Å². The number of hydrogen-bond donors (Lipinski definition) is 2. The monoisotopic (exact) mass is 332 g/mol. The fourth-order valence-electron chi connectivity index (χ4n) is 2.71. The molecule has 1 unspecified atom stereocenters. The highest BCUT2D eigenvalue weighted by atomic mass is 79.9. The highest BCUT2D eigenvalue weighted by molar-refractivity contribution is 9.10. The third-order valence-electron chi connectivity index (χ3n) is 3.54. The van der Waals surface area contributed by atoms with Gasteiger partial charge >= 0.3 is 0 Å². The molecule has 0 aliphatic heterocycles. The average Bonchev–Trinajstić information content (AvgIpc) is 2.35. The van der Waals surface area contributed by atoms with E-state index >= 15 is 0 Å². The lowest BCUT2D eigenvalue weighted by Crippen LogP contribution is -2.29. The van der Waals surface area contributed by atoms with Crippen LogP contribution < -0.4 is 11.3 Å². The van der Waals surface area contributed by atoms with Gasteiger partial charge < -0.3 is 0 Å². The highest BCUT2D eigenvalue weighted by Gasteiger charge is 2.15. The third-order valence-corrected chi connectivity index (χ3v) is 4.79. The average molecular weight is 333 g/mol. The Bertz CT molecular complexity index is 592. The van der Waals surface area contributed by atoms with Gasteiger partial charge in [-0.3, -0.25) is 5.84 Å². The van der Waals surface area contributed by atoms with E-state index in [1.807, 2.05) is 0 Å². The largest absolute Gasteiger partial charge is 0.271 e. The van der Waals surface area contributed by atoms with Gasteiger partial charge in [-0.2, -0.15) is 0 Å². The molecule has 0 aromatic heterocycles. The first-order valence-corrected chi connectivity index (χ1v) is 7.52. The SMILES string of the molecule is Cc1cc(C)cc(C(NN)c2cc(C)c(Br)c(C)c2)c1. The Morgan fingerprint density at radius 1 is 0.850 bits per heavy atom. The molecular weight excluding hydrogens is 312 g/mol. The quantitative estimate of drug-likeness (QED) is 0.651. The van der Waals surface area contributed by atoms with Gasteiger partial charge in [-0.1, -0.05) is 57.4 Å². The maximum absolute atomic E-state index is 5.81. The minimum atomic E-state index is 0.0131. The second kappa shape index (κ2) is 6.08. The summed E-state index contributed by atoms with van der Waals surface area (Å²) >= 11 is 3.61. The molecule has 0 amide bonds. The molecule has 2 aromatic rings. The van der Waals surface area contributed by atoms with Crippen molar-refractivity contribution in [3.63, 3.8) is 0 Å². The van der Waals surface area contributed by atoms with Gasteiger partial charge in [0.05, 0.1) is 6.04 Å². The van der Waals surface area contributed by atoms with Crippen LogP contribution in [0.4, 0.5) is 0 Å². The van der Waals surface area contributed by atoms with Crippen LogP contribution in [0.1, 0.15) is 39.4 Å². The van der Waals surface area contributed by atoms with Crippen molar-refractivity contribution in [2.24, 2.45) is 5.84 Å². The lowest BCUT2D eigenvalue weighted by atomic mass is 9.94. The van der Waals surface area contributed by atoms with E-state index < -0.39 is 0 Å². The minimum Gasteiger partial charge on any atom is -0.271 e. The van der Waals surface area contributed by atoms with Crippen molar-refractivity contribution in [1.82, 2.24) is 5.43 Å². The summed E-state index contributed by atoms with van der Waals surface area (Å²) in [6.45, 7) is 8.44. The first-order chi connectivity index (χ1) is 9.42. The van der Waals surface area contributed by atoms with Crippen LogP contribution in [0.5, 0.6) is 0 Å². The molecule has 0 aliphatic rings. The lowest BCUT2D eigenvalue weighted by molar-refractivity contribution is 0.635. The van der Waals surface area contributed by atoms with Crippen LogP contribution in [-0.2, 0) is 0 Å². The zero-order chi connectivity index (χ0) is 14.9. The van der Waals surface area contributed by atoms with Crippen LogP contribution in [0.25, 0.3) is 0 Å². The van der Waals surface area contributed by atoms with E-state index in [2.05, 4.69) is 79.4 Å². The Morgan fingerprint density at radius 2 is 1.30 bits per heavy atom. The summed E-state index contributed by atoms with van der Waals surface area (Å²) in [6, 6.07) is 10.9. The zero-order valence-electron chi connectivity index (χ0n) is 12.4. The van der Waals surface area contributed by atoms with Gasteiger partial charge in [-0.25, -0.2) is 5.43 Å². The van der Waals surface area contributed by atoms with Gasteiger partial charge in [0.1, 0.15) is 0 Å². The van der Waals surface area contributed by atoms with E-state index in [-0.39, 0.29) is 6.04 Å². The summed E-state index contributed by atoms with van der Waals surface area (Å²) in [5.74, 6) is 5.81. The maximum Gasteiger partial charge on any atom is 0.0710 e. The van der Waals surface area contributed by atoms with Crippen molar-refractivity contribution in [1.29, 1.82) is 0 Å². The van der Waals surface area contributed by atoms with Crippen LogP contribution in [0, 0.1) is 27.7 Å². The first kappa shape index (κ1) is 15.2. The molecule has 2 rings (SSSR count). The molecule has 0 radical (unpaired) electrons. The molecule has 0 saturated carbocycles. The Balaban J connectivity index is 2.52. The third kappa shape index (κ3) is 3.11. The number of hydrogen-bond acceptors (Lipinski definition) is 2. The predicted octanol–water partition coefficient (Wildman–Crippen LogP) is 4.24. The normalized spacial score (nSPS) is 12.5. The molecular formula is C17H21BrN2. The molecule has 0 fully saturated rings. The molecule has 1 atom stereocenters. The van der Waals surface area contributed by atoms with Crippen LogP contribution in [0.3, 0.4) is 0 Å². The molecule has 20 heavy (non-hydrogen) atoms. The number of hydrazine groups is 1. The topological polar surface area (TPSA) is 38.0 Å². The van der Waals surface area contributed by atoms with E-state index in [1.54, 1.807) is 0 Å². The van der Waals surface area contributed by atoms with E-state index in [0.717, 1.165) is 4.47 Å². The summed E-state index contributed by atoms with van der Waals surface area (Å²) in [7, 11) is 0. The van der Waals surface area contributed by atoms with Crippen molar-refractivity contribution >= 4 is 15.9 Å². The van der Waals surface area contributed by atoms with Gasteiger partial charge in [0, 0.05) is 4.47 Å². The Labute approximate surface area is 129 Å². The second-order valence-electron chi connectivity index (χ2n) is 5.49. The van der Waals surface area contributed by atoms with E-state index in [9.17, 15) is 0 Å². The number of nitrogens with one attached hydrogen (secondary N) is 1. The highest BCUT2D eigenvalue weighted by Crippen LogP contribution is 2.29. The number of rotatable bonds is 3. The van der Waals surface area contributed by atoms with E-state index in [0.29, 0.717) is 0 Å². The fraction of sp³-hybridized carbons (Fsp3) is 0.294. The van der Waals surface area contributed by atoms with Gasteiger partial charge in [0.25, 0.3) is 0 Å². The molecule has 2 aromatic carbocycles. The Kier molecular flexibility index (Phi) is 4.63. The summed E-state index contributed by atoms with van der Waals surface area (Å²) in [5.41, 5.74) is 10.3. The van der Waals surface area contributed by atoms with Crippen molar-refractivity contribution in [2.45, 2.75) is 33.7 Å². The fourth-order valence-corrected chi connectivity index (χ4v) is 2.94.